The Labute approximate surface area is 84.1 Å². The van der Waals surface area contributed by atoms with Crippen LogP contribution < -0.4 is 0 Å². The molecule has 2 atom stereocenters. The zero-order valence-electron chi connectivity index (χ0n) is 6.84. The largest absolute Gasteiger partial charge is 0.303 e. The van der Waals surface area contributed by atoms with Gasteiger partial charge in [-0.15, -0.1) is 0 Å². The van der Waals surface area contributed by atoms with Crippen LogP contribution in [-0.4, -0.2) is 6.29 Å². The van der Waals surface area contributed by atoms with Gasteiger partial charge < -0.3 is 4.79 Å². The molecule has 1 aromatic rings. The lowest BCUT2D eigenvalue weighted by Gasteiger charge is -2.00. The Kier molecular flexibility index (Phi) is 2.20. The fourth-order valence-electron chi connectivity index (χ4n) is 1.52. The van der Waals surface area contributed by atoms with Gasteiger partial charge in [0.05, 0.1) is 0 Å². The average Bonchev–Trinajstić information content (AvgIpc) is 2.83. The van der Waals surface area contributed by atoms with Crippen LogP contribution in [0.15, 0.2) is 22.7 Å². The molecule has 1 aliphatic carbocycles. The third-order valence-corrected chi connectivity index (χ3v) is 2.87. The summed E-state index contributed by atoms with van der Waals surface area (Å²) in [6, 6.07) is 4.99. The molecule has 68 valence electrons. The fourth-order valence-corrected chi connectivity index (χ4v) is 1.86. The second kappa shape index (κ2) is 3.22. The molecular weight excluding hydrogens is 235 g/mol. The van der Waals surface area contributed by atoms with Crippen molar-refractivity contribution in [2.75, 3.05) is 0 Å². The summed E-state index contributed by atoms with van der Waals surface area (Å²) in [6.07, 6.45) is 1.70. The predicted molar refractivity (Wildman–Crippen MR) is 51.0 cm³/mol. The highest BCUT2D eigenvalue weighted by atomic mass is 79.9. The summed E-state index contributed by atoms with van der Waals surface area (Å²) >= 11 is 3.19. The first kappa shape index (κ1) is 8.88. The molecule has 0 aliphatic heterocycles. The maximum atomic E-state index is 13.3. The van der Waals surface area contributed by atoms with Crippen molar-refractivity contribution in [1.29, 1.82) is 0 Å². The lowest BCUT2D eigenvalue weighted by Crippen LogP contribution is -1.89. The molecule has 1 nitrogen and oxygen atoms in total. The Morgan fingerprint density at radius 1 is 1.54 bits per heavy atom. The van der Waals surface area contributed by atoms with Crippen molar-refractivity contribution in [2.45, 2.75) is 12.3 Å². The Morgan fingerprint density at radius 3 is 2.85 bits per heavy atom. The quantitative estimate of drug-likeness (QED) is 0.730. The van der Waals surface area contributed by atoms with E-state index in [1.807, 2.05) is 0 Å². The van der Waals surface area contributed by atoms with Gasteiger partial charge in [0.2, 0.25) is 0 Å². The van der Waals surface area contributed by atoms with Gasteiger partial charge in [-0.25, -0.2) is 4.39 Å². The second-order valence-corrected chi connectivity index (χ2v) is 4.22. The minimum Gasteiger partial charge on any atom is -0.303 e. The van der Waals surface area contributed by atoms with Crippen LogP contribution >= 0.6 is 15.9 Å². The van der Waals surface area contributed by atoms with Gasteiger partial charge in [0, 0.05) is 10.4 Å². The summed E-state index contributed by atoms with van der Waals surface area (Å²) in [5.41, 5.74) is 0.667. The lowest BCUT2D eigenvalue weighted by molar-refractivity contribution is -0.108. The van der Waals surface area contributed by atoms with E-state index in [0.717, 1.165) is 17.2 Å². The van der Waals surface area contributed by atoms with Crippen molar-refractivity contribution in [1.82, 2.24) is 0 Å². The highest BCUT2D eigenvalue weighted by Crippen LogP contribution is 2.46. The number of carbonyl (C=O) groups is 1. The van der Waals surface area contributed by atoms with Crippen LogP contribution in [0.4, 0.5) is 4.39 Å². The molecule has 0 saturated heterocycles. The summed E-state index contributed by atoms with van der Waals surface area (Å²) < 4.78 is 14.0. The zero-order valence-corrected chi connectivity index (χ0v) is 8.42. The van der Waals surface area contributed by atoms with Gasteiger partial charge in [-0.3, -0.25) is 0 Å². The van der Waals surface area contributed by atoms with E-state index in [4.69, 9.17) is 0 Å². The van der Waals surface area contributed by atoms with Gasteiger partial charge in [0.15, 0.2) is 0 Å². The number of rotatable bonds is 2. The average molecular weight is 243 g/mol. The van der Waals surface area contributed by atoms with Crippen LogP contribution in [0, 0.1) is 11.7 Å². The molecule has 1 aliphatic rings. The molecule has 0 bridgehead atoms. The van der Waals surface area contributed by atoms with Crippen molar-refractivity contribution < 1.29 is 9.18 Å². The van der Waals surface area contributed by atoms with E-state index < -0.39 is 0 Å². The molecule has 0 amide bonds. The molecule has 2 unspecified atom stereocenters. The third kappa shape index (κ3) is 1.66. The van der Waals surface area contributed by atoms with Crippen molar-refractivity contribution in [3.8, 4) is 0 Å². The van der Waals surface area contributed by atoms with Gasteiger partial charge in [0.1, 0.15) is 12.1 Å². The number of halogens is 2. The van der Waals surface area contributed by atoms with E-state index in [0.29, 0.717) is 5.56 Å². The molecule has 0 N–H and O–H groups in total. The van der Waals surface area contributed by atoms with E-state index in [2.05, 4.69) is 15.9 Å². The van der Waals surface area contributed by atoms with Crippen LogP contribution in [0.25, 0.3) is 0 Å². The monoisotopic (exact) mass is 242 g/mol. The first-order valence-corrected chi connectivity index (χ1v) is 4.92. The van der Waals surface area contributed by atoms with E-state index in [9.17, 15) is 9.18 Å². The molecule has 2 rings (SSSR count). The van der Waals surface area contributed by atoms with Crippen molar-refractivity contribution in [3.63, 3.8) is 0 Å². The zero-order chi connectivity index (χ0) is 9.42. The lowest BCUT2D eigenvalue weighted by atomic mass is 10.1. The van der Waals surface area contributed by atoms with E-state index in [-0.39, 0.29) is 17.7 Å². The summed E-state index contributed by atoms with van der Waals surface area (Å²) in [5.74, 6) is -0.0648. The Balaban J connectivity index is 2.27. The topological polar surface area (TPSA) is 17.1 Å². The molecule has 0 spiro atoms. The number of aldehydes is 1. The highest BCUT2D eigenvalue weighted by molar-refractivity contribution is 9.10. The molecule has 0 aromatic heterocycles. The van der Waals surface area contributed by atoms with Crippen LogP contribution in [0.2, 0.25) is 0 Å². The first-order chi connectivity index (χ1) is 6.22. The maximum Gasteiger partial charge on any atom is 0.127 e. The van der Waals surface area contributed by atoms with Crippen molar-refractivity contribution in [2.24, 2.45) is 5.92 Å². The summed E-state index contributed by atoms with van der Waals surface area (Å²) in [6.45, 7) is 0. The minimum atomic E-state index is -0.219. The fraction of sp³-hybridized carbons (Fsp3) is 0.300. The molecule has 1 fully saturated rings. The van der Waals surface area contributed by atoms with Crippen LogP contribution in [0.5, 0.6) is 0 Å². The Morgan fingerprint density at radius 2 is 2.31 bits per heavy atom. The molecule has 13 heavy (non-hydrogen) atoms. The number of hydrogen-bond acceptors (Lipinski definition) is 1. The van der Waals surface area contributed by atoms with E-state index >= 15 is 0 Å². The SMILES string of the molecule is O=CC1CC1c1ccc(Br)cc1F. The van der Waals surface area contributed by atoms with Crippen LogP contribution in [0.3, 0.4) is 0 Å². The van der Waals surface area contributed by atoms with Gasteiger partial charge in [-0.1, -0.05) is 22.0 Å². The summed E-state index contributed by atoms with van der Waals surface area (Å²) in [7, 11) is 0. The minimum absolute atomic E-state index is 0.0377. The first-order valence-electron chi connectivity index (χ1n) is 4.12. The Hall–Kier alpha value is -0.700. The Bertz CT molecular complexity index is 351. The van der Waals surface area contributed by atoms with Crippen LogP contribution in [0.1, 0.15) is 17.9 Å². The highest BCUT2D eigenvalue weighted by Gasteiger charge is 2.39. The molecule has 0 heterocycles. The van der Waals surface area contributed by atoms with Gasteiger partial charge >= 0.3 is 0 Å². The third-order valence-electron chi connectivity index (χ3n) is 2.38. The standard InChI is InChI=1S/C10H8BrFO/c11-7-1-2-8(10(12)4-7)9-3-6(9)5-13/h1-2,4-6,9H,3H2. The second-order valence-electron chi connectivity index (χ2n) is 3.31. The number of hydrogen-bond donors (Lipinski definition) is 0. The van der Waals surface area contributed by atoms with Crippen LogP contribution in [-0.2, 0) is 4.79 Å². The molecule has 0 radical (unpaired) electrons. The maximum absolute atomic E-state index is 13.3. The summed E-state index contributed by atoms with van der Waals surface area (Å²) in [4.78, 5) is 10.4. The van der Waals surface area contributed by atoms with Gasteiger partial charge in [-0.05, 0) is 30.0 Å². The smallest absolute Gasteiger partial charge is 0.127 e. The summed E-state index contributed by atoms with van der Waals surface area (Å²) in [5, 5.41) is 0. The molecular formula is C10H8BrFO. The number of benzene rings is 1. The normalized spacial score (nSPS) is 25.7. The van der Waals surface area contributed by atoms with E-state index in [1.165, 1.54) is 6.07 Å². The van der Waals surface area contributed by atoms with E-state index in [1.54, 1.807) is 12.1 Å². The molecule has 3 heteroatoms. The predicted octanol–water partition coefficient (Wildman–Crippen LogP) is 2.89. The van der Waals surface area contributed by atoms with Gasteiger partial charge in [0.25, 0.3) is 0 Å². The molecule has 1 saturated carbocycles. The number of carbonyl (C=O) groups excluding carboxylic acids is 1. The van der Waals surface area contributed by atoms with Crippen molar-refractivity contribution in [3.05, 3.63) is 34.1 Å². The molecule has 1 aromatic carbocycles. The van der Waals surface area contributed by atoms with Gasteiger partial charge in [-0.2, -0.15) is 0 Å². The van der Waals surface area contributed by atoms with Crippen molar-refractivity contribution >= 4 is 22.2 Å².